The third-order valence-corrected chi connectivity index (χ3v) is 4.32. The van der Waals surface area contributed by atoms with Crippen molar-refractivity contribution in [3.05, 3.63) is 40.8 Å². The molecule has 0 aliphatic carbocycles. The minimum absolute atomic E-state index is 0.00958. The summed E-state index contributed by atoms with van der Waals surface area (Å²) in [5.41, 5.74) is 0. The second-order valence-corrected chi connectivity index (χ2v) is 6.08. The smallest absolute Gasteiger partial charge is 0.161 e. The second kappa shape index (κ2) is 6.91. The van der Waals surface area contributed by atoms with E-state index in [1.54, 1.807) is 11.3 Å². The molecule has 4 nitrogen and oxygen atoms in total. The lowest BCUT2D eigenvalue weighted by Crippen LogP contribution is -2.49. The third-order valence-electron chi connectivity index (χ3n) is 3.51. The van der Waals surface area contributed by atoms with Crippen LogP contribution in [0.15, 0.2) is 35.8 Å². The number of hydrogen-bond donors (Lipinski definition) is 1. The first kappa shape index (κ1) is 14.4. The molecule has 21 heavy (non-hydrogen) atoms. The number of fused-ring (bicyclic) bond motifs is 1. The summed E-state index contributed by atoms with van der Waals surface area (Å²) in [6, 6.07) is 8.05. The van der Waals surface area contributed by atoms with Gasteiger partial charge in [-0.1, -0.05) is 19.1 Å². The first-order valence-electron chi connectivity index (χ1n) is 7.37. The number of nitrogens with zero attached hydrogens (tertiary/aromatic N) is 1. The van der Waals surface area contributed by atoms with Gasteiger partial charge in [-0.05, 0) is 25.1 Å². The summed E-state index contributed by atoms with van der Waals surface area (Å²) in [6.07, 6.45) is 3.83. The van der Waals surface area contributed by atoms with Crippen LogP contribution in [0.2, 0.25) is 0 Å². The topological polar surface area (TPSA) is 43.4 Å². The van der Waals surface area contributed by atoms with Crippen molar-refractivity contribution in [3.63, 3.8) is 0 Å². The van der Waals surface area contributed by atoms with Crippen molar-refractivity contribution in [2.24, 2.45) is 0 Å². The average Bonchev–Trinajstić information content (AvgIpc) is 3.04. The highest BCUT2D eigenvalue weighted by atomic mass is 32.1. The Labute approximate surface area is 129 Å². The normalized spacial score (nSPS) is 18.4. The molecule has 2 unspecified atom stereocenters. The number of hydrogen-bond acceptors (Lipinski definition) is 5. The third kappa shape index (κ3) is 3.54. The fourth-order valence-electron chi connectivity index (χ4n) is 2.44. The van der Waals surface area contributed by atoms with Gasteiger partial charge >= 0.3 is 0 Å². The van der Waals surface area contributed by atoms with Gasteiger partial charge in [0.15, 0.2) is 11.5 Å². The minimum Gasteiger partial charge on any atom is -0.486 e. The summed E-state index contributed by atoms with van der Waals surface area (Å²) in [7, 11) is 0. The van der Waals surface area contributed by atoms with E-state index in [-0.39, 0.29) is 12.1 Å². The standard InChI is InChI=1S/C16H20N2O2S/c1-2-7-17-12(10-16-18-8-9-21-16)15-11-19-13-5-3-4-6-14(13)20-15/h3-6,8-9,12,15,17H,2,7,10-11H2,1H3. The van der Waals surface area contributed by atoms with Gasteiger partial charge in [0.25, 0.3) is 0 Å². The number of benzene rings is 1. The number of ether oxygens (including phenoxy) is 2. The summed E-state index contributed by atoms with van der Waals surface area (Å²) >= 11 is 1.69. The van der Waals surface area contributed by atoms with Gasteiger partial charge in [-0.3, -0.25) is 0 Å². The van der Waals surface area contributed by atoms with Crippen LogP contribution in [0.3, 0.4) is 0 Å². The van der Waals surface area contributed by atoms with E-state index in [0.29, 0.717) is 6.61 Å². The molecule has 1 aromatic heterocycles. The van der Waals surface area contributed by atoms with E-state index in [2.05, 4.69) is 17.2 Å². The molecule has 2 atom stereocenters. The second-order valence-electron chi connectivity index (χ2n) is 5.10. The van der Waals surface area contributed by atoms with Crippen LogP contribution in [0.1, 0.15) is 18.4 Å². The van der Waals surface area contributed by atoms with E-state index in [0.717, 1.165) is 35.9 Å². The maximum atomic E-state index is 6.13. The van der Waals surface area contributed by atoms with Gasteiger partial charge in [-0.25, -0.2) is 4.98 Å². The monoisotopic (exact) mass is 304 g/mol. The van der Waals surface area contributed by atoms with Crippen LogP contribution in [0.25, 0.3) is 0 Å². The van der Waals surface area contributed by atoms with E-state index in [1.807, 2.05) is 35.8 Å². The van der Waals surface area contributed by atoms with Gasteiger partial charge in [0.2, 0.25) is 0 Å². The molecule has 1 N–H and O–H groups in total. The predicted octanol–water partition coefficient (Wildman–Crippen LogP) is 2.89. The number of aromatic nitrogens is 1. The van der Waals surface area contributed by atoms with Gasteiger partial charge in [-0.2, -0.15) is 0 Å². The zero-order valence-corrected chi connectivity index (χ0v) is 12.9. The molecule has 1 aliphatic heterocycles. The van der Waals surface area contributed by atoms with Gasteiger partial charge < -0.3 is 14.8 Å². The van der Waals surface area contributed by atoms with Crippen molar-refractivity contribution in [1.29, 1.82) is 0 Å². The van der Waals surface area contributed by atoms with Gasteiger partial charge in [0.05, 0.1) is 11.0 Å². The largest absolute Gasteiger partial charge is 0.486 e. The fourth-order valence-corrected chi connectivity index (χ4v) is 3.12. The van der Waals surface area contributed by atoms with E-state index in [9.17, 15) is 0 Å². The molecule has 0 radical (unpaired) electrons. The van der Waals surface area contributed by atoms with Gasteiger partial charge in [0.1, 0.15) is 12.7 Å². The van der Waals surface area contributed by atoms with Crippen molar-refractivity contribution >= 4 is 11.3 Å². The van der Waals surface area contributed by atoms with E-state index < -0.39 is 0 Å². The maximum Gasteiger partial charge on any atom is 0.161 e. The Morgan fingerprint density at radius 3 is 3.00 bits per heavy atom. The highest BCUT2D eigenvalue weighted by Gasteiger charge is 2.29. The SMILES string of the molecule is CCCNC(Cc1nccs1)C1COc2ccccc2O1. The molecule has 3 rings (SSSR count). The molecule has 2 aromatic rings. The molecule has 0 saturated carbocycles. The Morgan fingerprint density at radius 2 is 2.24 bits per heavy atom. The van der Waals surface area contributed by atoms with Crippen molar-refractivity contribution < 1.29 is 9.47 Å². The van der Waals surface area contributed by atoms with Crippen molar-refractivity contribution in [2.75, 3.05) is 13.2 Å². The van der Waals surface area contributed by atoms with Gasteiger partial charge in [0, 0.05) is 18.0 Å². The van der Waals surface area contributed by atoms with Crippen LogP contribution in [-0.4, -0.2) is 30.3 Å². The molecule has 0 bridgehead atoms. The average molecular weight is 304 g/mol. The molecule has 1 aromatic carbocycles. The Morgan fingerprint density at radius 1 is 1.38 bits per heavy atom. The molecule has 1 aliphatic rings. The lowest BCUT2D eigenvalue weighted by atomic mass is 10.1. The van der Waals surface area contributed by atoms with Gasteiger partial charge in [-0.15, -0.1) is 11.3 Å². The molecular weight excluding hydrogens is 284 g/mol. The summed E-state index contributed by atoms with van der Waals surface area (Å²) < 4.78 is 12.0. The molecular formula is C16H20N2O2S. The van der Waals surface area contributed by atoms with Crippen LogP contribution >= 0.6 is 11.3 Å². The summed E-state index contributed by atoms with van der Waals surface area (Å²) in [4.78, 5) is 4.39. The lowest BCUT2D eigenvalue weighted by Gasteiger charge is -2.32. The van der Waals surface area contributed by atoms with E-state index >= 15 is 0 Å². The van der Waals surface area contributed by atoms with Crippen molar-refractivity contribution in [3.8, 4) is 11.5 Å². The number of thiazole rings is 1. The van der Waals surface area contributed by atoms with E-state index in [4.69, 9.17) is 9.47 Å². The molecule has 0 saturated heterocycles. The maximum absolute atomic E-state index is 6.13. The minimum atomic E-state index is 0.00958. The molecule has 2 heterocycles. The Bertz CT molecular complexity index is 559. The Kier molecular flexibility index (Phi) is 4.72. The highest BCUT2D eigenvalue weighted by molar-refractivity contribution is 7.09. The highest BCUT2D eigenvalue weighted by Crippen LogP contribution is 2.32. The van der Waals surface area contributed by atoms with Crippen LogP contribution in [0.4, 0.5) is 0 Å². The van der Waals surface area contributed by atoms with Crippen molar-refractivity contribution in [1.82, 2.24) is 10.3 Å². The predicted molar refractivity (Wildman–Crippen MR) is 84.3 cm³/mol. The molecule has 0 fully saturated rings. The van der Waals surface area contributed by atoms with E-state index in [1.165, 1.54) is 0 Å². The summed E-state index contributed by atoms with van der Waals surface area (Å²) in [6.45, 7) is 3.71. The van der Waals surface area contributed by atoms with Crippen LogP contribution in [0.5, 0.6) is 11.5 Å². The number of para-hydroxylation sites is 2. The first-order valence-corrected chi connectivity index (χ1v) is 8.25. The summed E-state index contributed by atoms with van der Waals surface area (Å²) in [5, 5.41) is 6.71. The zero-order chi connectivity index (χ0) is 14.5. The molecule has 112 valence electrons. The molecule has 0 amide bonds. The summed E-state index contributed by atoms with van der Waals surface area (Å²) in [5.74, 6) is 1.66. The van der Waals surface area contributed by atoms with Crippen LogP contribution in [0, 0.1) is 0 Å². The van der Waals surface area contributed by atoms with Crippen LogP contribution < -0.4 is 14.8 Å². The molecule has 5 heteroatoms. The quantitative estimate of drug-likeness (QED) is 0.891. The Balaban J connectivity index is 1.71. The lowest BCUT2D eigenvalue weighted by molar-refractivity contribution is 0.0619. The first-order chi connectivity index (χ1) is 10.4. The van der Waals surface area contributed by atoms with Crippen molar-refractivity contribution in [2.45, 2.75) is 31.9 Å². The van der Waals surface area contributed by atoms with Crippen LogP contribution in [-0.2, 0) is 6.42 Å². The molecule has 0 spiro atoms. The fraction of sp³-hybridized carbons (Fsp3) is 0.438. The Hall–Kier alpha value is -1.59. The number of nitrogens with one attached hydrogen (secondary N) is 1. The zero-order valence-electron chi connectivity index (χ0n) is 12.1. The number of rotatable bonds is 6.